The topological polar surface area (TPSA) is 77.7 Å². The highest BCUT2D eigenvalue weighted by atomic mass is 35.5. The minimum absolute atomic E-state index is 0.256. The summed E-state index contributed by atoms with van der Waals surface area (Å²) in [6.45, 7) is 0.350. The van der Waals surface area contributed by atoms with Crippen LogP contribution in [0.4, 0.5) is 0 Å². The summed E-state index contributed by atoms with van der Waals surface area (Å²) < 4.78 is 8.32. The van der Waals surface area contributed by atoms with Gasteiger partial charge in [-0.3, -0.25) is 9.67 Å². The van der Waals surface area contributed by atoms with Gasteiger partial charge < -0.3 is 4.74 Å². The van der Waals surface area contributed by atoms with E-state index < -0.39 is 0 Å². The molecule has 0 aliphatic rings. The molecule has 0 amide bonds. The highest BCUT2D eigenvalue weighted by Crippen LogP contribution is 2.30. The number of hydrogen-bond acceptors (Lipinski definition) is 4. The molecular formula is C19H16ClN5O2. The minimum atomic E-state index is -0.256. The van der Waals surface area contributed by atoms with Crippen molar-refractivity contribution < 1.29 is 4.74 Å². The molecule has 7 nitrogen and oxygen atoms in total. The number of benzene rings is 2. The van der Waals surface area contributed by atoms with Gasteiger partial charge in [-0.05, 0) is 23.8 Å². The summed E-state index contributed by atoms with van der Waals surface area (Å²) in [4.78, 5) is 12.8. The maximum Gasteiger partial charge on any atom is 0.350 e. The first-order valence-corrected chi connectivity index (χ1v) is 8.60. The zero-order valence-electron chi connectivity index (χ0n) is 14.5. The fourth-order valence-corrected chi connectivity index (χ4v) is 3.07. The Bertz CT molecular complexity index is 1130. The highest BCUT2D eigenvalue weighted by molar-refractivity contribution is 6.31. The monoisotopic (exact) mass is 381 g/mol. The fraction of sp³-hybridized carbons (Fsp3) is 0.105. The van der Waals surface area contributed by atoms with Crippen LogP contribution in [0.25, 0.3) is 16.8 Å². The molecule has 0 aliphatic heterocycles. The van der Waals surface area contributed by atoms with Crippen molar-refractivity contribution in [3.05, 3.63) is 82.3 Å². The molecule has 27 heavy (non-hydrogen) atoms. The minimum Gasteiger partial charge on any atom is -0.496 e. The van der Waals surface area contributed by atoms with Crippen molar-refractivity contribution in [3.8, 4) is 22.6 Å². The lowest BCUT2D eigenvalue weighted by Gasteiger charge is -2.09. The summed E-state index contributed by atoms with van der Waals surface area (Å²) in [6, 6.07) is 12.9. The van der Waals surface area contributed by atoms with E-state index in [9.17, 15) is 4.79 Å². The second-order valence-corrected chi connectivity index (χ2v) is 6.32. The Morgan fingerprint density at radius 2 is 2.07 bits per heavy atom. The molecule has 2 aromatic carbocycles. The van der Waals surface area contributed by atoms with Crippen LogP contribution in [0.15, 0.2) is 66.0 Å². The van der Waals surface area contributed by atoms with Crippen LogP contribution >= 0.6 is 11.6 Å². The first-order chi connectivity index (χ1) is 13.2. The summed E-state index contributed by atoms with van der Waals surface area (Å²) in [5.41, 5.74) is 2.98. The SMILES string of the molecule is COc1cc(-n2ncn(Cc3ccccc3Cl)c2=O)ccc1-c1cn[nH]c1. The van der Waals surface area contributed by atoms with E-state index in [1.807, 2.05) is 30.3 Å². The van der Waals surface area contributed by atoms with Crippen molar-refractivity contribution in [1.82, 2.24) is 24.5 Å². The molecule has 0 fully saturated rings. The van der Waals surface area contributed by atoms with E-state index in [0.29, 0.717) is 23.0 Å². The van der Waals surface area contributed by atoms with Crippen molar-refractivity contribution in [3.63, 3.8) is 0 Å². The van der Waals surface area contributed by atoms with Gasteiger partial charge in [-0.2, -0.15) is 14.9 Å². The summed E-state index contributed by atoms with van der Waals surface area (Å²) >= 11 is 6.19. The van der Waals surface area contributed by atoms with Crippen LogP contribution in [0.1, 0.15) is 5.56 Å². The van der Waals surface area contributed by atoms with Crippen molar-refractivity contribution in [1.29, 1.82) is 0 Å². The third-order valence-electron chi connectivity index (χ3n) is 4.27. The standard InChI is InChI=1S/C19H16ClN5O2/c1-27-18-8-15(6-7-16(18)14-9-21-22-10-14)25-19(26)24(12-23-25)11-13-4-2-3-5-17(13)20/h2-10,12H,11H2,1H3,(H,21,22). The number of ether oxygens (including phenoxy) is 1. The lowest BCUT2D eigenvalue weighted by atomic mass is 10.1. The maximum absolute atomic E-state index is 12.8. The third kappa shape index (κ3) is 3.24. The number of halogens is 1. The maximum atomic E-state index is 12.8. The van der Waals surface area contributed by atoms with Crippen LogP contribution in [-0.4, -0.2) is 31.7 Å². The number of aromatic amines is 1. The largest absolute Gasteiger partial charge is 0.496 e. The van der Waals surface area contributed by atoms with Gasteiger partial charge in [0.15, 0.2) is 0 Å². The van der Waals surface area contributed by atoms with Crippen LogP contribution in [-0.2, 0) is 6.54 Å². The molecule has 0 radical (unpaired) electrons. The van der Waals surface area contributed by atoms with Crippen molar-refractivity contribution in [2.45, 2.75) is 6.54 Å². The van der Waals surface area contributed by atoms with Gasteiger partial charge >= 0.3 is 5.69 Å². The Morgan fingerprint density at radius 1 is 1.22 bits per heavy atom. The van der Waals surface area contributed by atoms with Crippen LogP contribution in [0.3, 0.4) is 0 Å². The second kappa shape index (κ2) is 7.13. The molecule has 0 unspecified atom stereocenters. The summed E-state index contributed by atoms with van der Waals surface area (Å²) in [5.74, 6) is 0.626. The highest BCUT2D eigenvalue weighted by Gasteiger charge is 2.13. The molecule has 0 atom stereocenters. The van der Waals surface area contributed by atoms with Gasteiger partial charge in [-0.25, -0.2) is 4.79 Å². The molecular weight excluding hydrogens is 366 g/mol. The molecule has 2 aromatic heterocycles. The summed E-state index contributed by atoms with van der Waals surface area (Å²) in [6.07, 6.45) is 4.99. The van der Waals surface area contributed by atoms with Gasteiger partial charge in [-0.15, -0.1) is 0 Å². The quantitative estimate of drug-likeness (QED) is 0.576. The average molecular weight is 382 g/mol. The molecule has 0 saturated carbocycles. The van der Waals surface area contributed by atoms with Gasteiger partial charge in [0.2, 0.25) is 0 Å². The predicted octanol–water partition coefficient (Wildman–Crippen LogP) is 3.13. The van der Waals surface area contributed by atoms with Crippen molar-refractivity contribution in [2.24, 2.45) is 0 Å². The molecule has 0 aliphatic carbocycles. The smallest absolute Gasteiger partial charge is 0.350 e. The van der Waals surface area contributed by atoms with Gasteiger partial charge in [0.05, 0.1) is 25.5 Å². The van der Waals surface area contributed by atoms with E-state index in [-0.39, 0.29) is 5.69 Å². The zero-order chi connectivity index (χ0) is 18.8. The van der Waals surface area contributed by atoms with E-state index in [1.54, 1.807) is 31.6 Å². The molecule has 0 saturated heterocycles. The number of hydrogen-bond donors (Lipinski definition) is 1. The first kappa shape index (κ1) is 17.1. The molecule has 0 bridgehead atoms. The van der Waals surface area contributed by atoms with E-state index in [1.165, 1.54) is 15.6 Å². The summed E-state index contributed by atoms with van der Waals surface area (Å²) in [7, 11) is 1.58. The number of methoxy groups -OCH3 is 1. The Hall–Kier alpha value is -3.32. The van der Waals surface area contributed by atoms with E-state index >= 15 is 0 Å². The molecule has 4 aromatic rings. The molecule has 8 heteroatoms. The second-order valence-electron chi connectivity index (χ2n) is 5.92. The van der Waals surface area contributed by atoms with Gasteiger partial charge in [-0.1, -0.05) is 29.8 Å². The summed E-state index contributed by atoms with van der Waals surface area (Å²) in [5, 5.41) is 11.6. The average Bonchev–Trinajstić information content (AvgIpc) is 3.34. The molecule has 136 valence electrons. The van der Waals surface area contributed by atoms with Crippen LogP contribution in [0, 0.1) is 0 Å². The Kier molecular flexibility index (Phi) is 4.52. The lowest BCUT2D eigenvalue weighted by Crippen LogP contribution is -2.24. The Balaban J connectivity index is 1.69. The zero-order valence-corrected chi connectivity index (χ0v) is 15.2. The number of nitrogens with zero attached hydrogens (tertiary/aromatic N) is 4. The number of H-pyrrole nitrogens is 1. The van der Waals surface area contributed by atoms with E-state index in [2.05, 4.69) is 15.3 Å². The number of aromatic nitrogens is 5. The van der Waals surface area contributed by atoms with Gasteiger partial charge in [0, 0.05) is 28.4 Å². The van der Waals surface area contributed by atoms with E-state index in [4.69, 9.17) is 16.3 Å². The van der Waals surface area contributed by atoms with Crippen LogP contribution < -0.4 is 10.4 Å². The van der Waals surface area contributed by atoms with Gasteiger partial charge in [0.1, 0.15) is 12.1 Å². The van der Waals surface area contributed by atoms with Crippen molar-refractivity contribution in [2.75, 3.05) is 7.11 Å². The number of rotatable bonds is 5. The van der Waals surface area contributed by atoms with Crippen molar-refractivity contribution >= 4 is 11.6 Å². The predicted molar refractivity (Wildman–Crippen MR) is 103 cm³/mol. The molecule has 1 N–H and O–H groups in total. The van der Waals surface area contributed by atoms with E-state index in [0.717, 1.165) is 16.7 Å². The van der Waals surface area contributed by atoms with Crippen LogP contribution in [0.5, 0.6) is 5.75 Å². The van der Waals surface area contributed by atoms with Crippen LogP contribution in [0.2, 0.25) is 5.02 Å². The molecule has 2 heterocycles. The fourth-order valence-electron chi connectivity index (χ4n) is 2.88. The number of nitrogens with one attached hydrogen (secondary N) is 1. The third-order valence-corrected chi connectivity index (χ3v) is 4.64. The van der Waals surface area contributed by atoms with Gasteiger partial charge in [0.25, 0.3) is 0 Å². The normalized spacial score (nSPS) is 10.9. The lowest BCUT2D eigenvalue weighted by molar-refractivity contribution is 0.416. The first-order valence-electron chi connectivity index (χ1n) is 8.23. The Morgan fingerprint density at radius 3 is 2.81 bits per heavy atom. The Labute approximate surface area is 159 Å². The molecule has 0 spiro atoms. The molecule has 4 rings (SSSR count).